The first-order chi connectivity index (χ1) is 16.8. The molecule has 6 aliphatic rings. The molecule has 6 heteroatoms. The lowest BCUT2D eigenvalue weighted by Crippen LogP contribution is -2.57. The van der Waals surface area contributed by atoms with E-state index in [1.807, 2.05) is 41.8 Å². The van der Waals surface area contributed by atoms with Crippen molar-refractivity contribution >= 4 is 17.6 Å². The fourth-order valence-corrected chi connectivity index (χ4v) is 8.42. The number of hydrogen-bond donors (Lipinski definition) is 1. The molecular formula is C29H41N3O3. The Morgan fingerprint density at radius 1 is 1.06 bits per heavy atom. The average Bonchev–Trinajstić information content (AvgIpc) is 2.82. The van der Waals surface area contributed by atoms with Gasteiger partial charge in [0.15, 0.2) is 0 Å². The van der Waals surface area contributed by atoms with Crippen LogP contribution in [0.25, 0.3) is 0 Å². The van der Waals surface area contributed by atoms with E-state index < -0.39 is 0 Å². The summed E-state index contributed by atoms with van der Waals surface area (Å²) in [6, 6.07) is 6.31. The van der Waals surface area contributed by atoms with E-state index in [9.17, 15) is 9.59 Å². The van der Waals surface area contributed by atoms with E-state index in [1.165, 1.54) is 38.5 Å². The Hall–Kier alpha value is -2.24. The van der Waals surface area contributed by atoms with Gasteiger partial charge in [0, 0.05) is 25.0 Å². The van der Waals surface area contributed by atoms with Crippen molar-refractivity contribution in [1.82, 2.24) is 10.2 Å². The van der Waals surface area contributed by atoms with Crippen molar-refractivity contribution in [3.05, 3.63) is 23.8 Å². The molecule has 35 heavy (non-hydrogen) atoms. The van der Waals surface area contributed by atoms with E-state index in [1.54, 1.807) is 0 Å². The highest BCUT2D eigenvalue weighted by Crippen LogP contribution is 2.61. The molecule has 4 bridgehead atoms. The number of nitrogens with zero attached hydrogens (tertiary/aromatic N) is 2. The van der Waals surface area contributed by atoms with Crippen molar-refractivity contribution in [1.29, 1.82) is 0 Å². The van der Waals surface area contributed by atoms with E-state index >= 15 is 0 Å². The smallest absolute Gasteiger partial charge is 0.324 e. The summed E-state index contributed by atoms with van der Waals surface area (Å²) < 4.78 is 5.96. The monoisotopic (exact) mass is 479 g/mol. The molecule has 6 nitrogen and oxygen atoms in total. The standard InChI is InChI=1S/C29H41N3O3/c1-18-4-5-26-25(10-18)32(17-19(2)35-26)28(34)31-8-6-24(7-9-31)27(33)30-20(3)29-14-21-11-22(15-29)13-23(12-21)16-29/h4-5,10,19-24H,6-9,11-17H2,1-3H3,(H,30,33)/t19-,20-,21?,22?,23?,29?/m0/s1. The molecule has 2 aliphatic heterocycles. The van der Waals surface area contributed by atoms with Gasteiger partial charge in [-0.15, -0.1) is 0 Å². The minimum atomic E-state index is -0.0384. The Balaban J connectivity index is 1.06. The van der Waals surface area contributed by atoms with Gasteiger partial charge in [-0.2, -0.15) is 0 Å². The predicted octanol–water partition coefficient (Wildman–Crippen LogP) is 5.14. The van der Waals surface area contributed by atoms with Gasteiger partial charge in [0.2, 0.25) is 5.91 Å². The lowest BCUT2D eigenvalue weighted by atomic mass is 9.48. The van der Waals surface area contributed by atoms with Gasteiger partial charge in [-0.05, 0) is 113 Å². The molecule has 2 atom stereocenters. The number of carbonyl (C=O) groups excluding carboxylic acids is 2. The van der Waals surface area contributed by atoms with Crippen LogP contribution in [0.1, 0.15) is 70.8 Å². The molecule has 0 spiro atoms. The van der Waals surface area contributed by atoms with Gasteiger partial charge in [0.1, 0.15) is 11.9 Å². The number of anilines is 1. The van der Waals surface area contributed by atoms with Gasteiger partial charge in [-0.1, -0.05) is 6.07 Å². The lowest BCUT2D eigenvalue weighted by molar-refractivity contribution is -0.130. The van der Waals surface area contributed by atoms with Gasteiger partial charge in [-0.25, -0.2) is 4.79 Å². The average molecular weight is 480 g/mol. The van der Waals surface area contributed by atoms with Crippen molar-refractivity contribution in [2.75, 3.05) is 24.5 Å². The van der Waals surface area contributed by atoms with Crippen LogP contribution in [-0.4, -0.2) is 48.6 Å². The van der Waals surface area contributed by atoms with Gasteiger partial charge in [0.25, 0.3) is 0 Å². The Morgan fingerprint density at radius 3 is 2.31 bits per heavy atom. The summed E-state index contributed by atoms with van der Waals surface area (Å²) in [5.41, 5.74) is 2.31. The van der Waals surface area contributed by atoms with Crippen molar-refractivity contribution in [3.63, 3.8) is 0 Å². The van der Waals surface area contributed by atoms with Gasteiger partial charge < -0.3 is 15.0 Å². The summed E-state index contributed by atoms with van der Waals surface area (Å²) >= 11 is 0. The minimum Gasteiger partial charge on any atom is -0.487 e. The van der Waals surface area contributed by atoms with Crippen LogP contribution in [0.15, 0.2) is 18.2 Å². The zero-order chi connectivity index (χ0) is 24.3. The Labute approximate surface area is 209 Å². The third-order valence-corrected chi connectivity index (χ3v) is 9.90. The van der Waals surface area contributed by atoms with Crippen LogP contribution in [0.5, 0.6) is 5.75 Å². The molecule has 1 saturated heterocycles. The number of hydrogen-bond acceptors (Lipinski definition) is 3. The van der Waals surface area contributed by atoms with Crippen LogP contribution < -0.4 is 15.0 Å². The maximum absolute atomic E-state index is 13.5. The fraction of sp³-hybridized carbons (Fsp3) is 0.724. The third kappa shape index (κ3) is 4.21. The first-order valence-electron chi connectivity index (χ1n) is 13.9. The van der Waals surface area contributed by atoms with E-state index in [2.05, 4.69) is 12.2 Å². The van der Waals surface area contributed by atoms with Crippen LogP contribution in [-0.2, 0) is 4.79 Å². The summed E-state index contributed by atoms with van der Waals surface area (Å²) in [6.45, 7) is 8.13. The van der Waals surface area contributed by atoms with E-state index in [4.69, 9.17) is 4.74 Å². The molecular weight excluding hydrogens is 438 g/mol. The summed E-state index contributed by atoms with van der Waals surface area (Å²) in [4.78, 5) is 30.6. The maximum atomic E-state index is 13.5. The van der Waals surface area contributed by atoms with Gasteiger partial charge in [-0.3, -0.25) is 9.69 Å². The van der Waals surface area contributed by atoms with Gasteiger partial charge in [0.05, 0.1) is 12.2 Å². The van der Waals surface area contributed by atoms with Crippen molar-refractivity contribution in [2.24, 2.45) is 29.1 Å². The van der Waals surface area contributed by atoms with Crippen LogP contribution in [0.2, 0.25) is 0 Å². The minimum absolute atomic E-state index is 0.00792. The van der Waals surface area contributed by atoms with Crippen molar-refractivity contribution < 1.29 is 14.3 Å². The number of nitrogens with one attached hydrogen (secondary N) is 1. The maximum Gasteiger partial charge on any atom is 0.324 e. The van der Waals surface area contributed by atoms with E-state index in [0.29, 0.717) is 25.0 Å². The van der Waals surface area contributed by atoms with Crippen LogP contribution in [0.3, 0.4) is 0 Å². The number of piperidine rings is 1. The molecule has 4 aliphatic carbocycles. The second-order valence-corrected chi connectivity index (χ2v) is 12.6. The molecule has 1 aromatic rings. The second kappa shape index (κ2) is 8.70. The Bertz CT molecular complexity index is 964. The number of likely N-dealkylation sites (tertiary alicyclic amines) is 1. The number of urea groups is 1. The van der Waals surface area contributed by atoms with Crippen molar-refractivity contribution in [2.45, 2.75) is 84.3 Å². The molecule has 3 amide bonds. The van der Waals surface area contributed by atoms with E-state index in [0.717, 1.165) is 47.6 Å². The third-order valence-electron chi connectivity index (χ3n) is 9.90. The molecule has 0 unspecified atom stereocenters. The summed E-state index contributed by atoms with van der Waals surface area (Å²) in [7, 11) is 0. The molecule has 0 aromatic heterocycles. The first-order valence-corrected chi connectivity index (χ1v) is 13.9. The van der Waals surface area contributed by atoms with Crippen LogP contribution >= 0.6 is 0 Å². The van der Waals surface area contributed by atoms with Crippen LogP contribution in [0, 0.1) is 36.0 Å². The predicted molar refractivity (Wildman–Crippen MR) is 137 cm³/mol. The molecule has 190 valence electrons. The number of amides is 3. The molecule has 2 heterocycles. The molecule has 1 aromatic carbocycles. The summed E-state index contributed by atoms with van der Waals surface area (Å²) in [5.74, 6) is 3.68. The number of fused-ring (bicyclic) bond motifs is 1. The largest absolute Gasteiger partial charge is 0.487 e. The Morgan fingerprint density at radius 2 is 1.69 bits per heavy atom. The topological polar surface area (TPSA) is 61.9 Å². The second-order valence-electron chi connectivity index (χ2n) is 12.6. The van der Waals surface area contributed by atoms with E-state index in [-0.39, 0.29) is 30.0 Å². The lowest BCUT2D eigenvalue weighted by Gasteiger charge is -2.59. The molecule has 0 radical (unpaired) electrons. The molecule has 5 fully saturated rings. The normalized spacial score (nSPS) is 34.8. The molecule has 4 saturated carbocycles. The number of aryl methyl sites for hydroxylation is 1. The number of ether oxygens (including phenoxy) is 1. The zero-order valence-corrected chi connectivity index (χ0v) is 21.6. The highest BCUT2D eigenvalue weighted by atomic mass is 16.5. The van der Waals surface area contributed by atoms with Gasteiger partial charge >= 0.3 is 6.03 Å². The Kier molecular flexibility index (Phi) is 5.76. The fourth-order valence-electron chi connectivity index (χ4n) is 8.42. The van der Waals surface area contributed by atoms with Crippen molar-refractivity contribution in [3.8, 4) is 5.75 Å². The highest BCUT2D eigenvalue weighted by molar-refractivity contribution is 5.94. The number of benzene rings is 1. The summed E-state index contributed by atoms with van der Waals surface area (Å²) in [6.07, 6.45) is 9.67. The zero-order valence-electron chi connectivity index (χ0n) is 21.6. The molecule has 1 N–H and O–H groups in total. The molecule has 7 rings (SSSR count). The number of rotatable bonds is 3. The SMILES string of the molecule is Cc1ccc2c(c1)N(C(=O)N1CCC(C(=O)N[C@@H](C)C34CC5CC(CC(C5)C3)C4)CC1)C[C@H](C)O2. The summed E-state index contributed by atoms with van der Waals surface area (Å²) in [5, 5.41) is 3.47. The van der Waals surface area contributed by atoms with Crippen LogP contribution in [0.4, 0.5) is 10.5 Å². The highest BCUT2D eigenvalue weighted by Gasteiger charge is 2.53. The number of carbonyl (C=O) groups is 2. The first kappa shape index (κ1) is 23.2. The quantitative estimate of drug-likeness (QED) is 0.653.